The highest BCUT2D eigenvalue weighted by Crippen LogP contribution is 2.35. The van der Waals surface area contributed by atoms with Gasteiger partial charge in [-0.15, -0.1) is 5.10 Å². The Kier molecular flexibility index (Phi) is 9.67. The second-order valence-electron chi connectivity index (χ2n) is 13.0. The third-order valence-electron chi connectivity index (χ3n) is 8.12. The van der Waals surface area contributed by atoms with Gasteiger partial charge in [0.1, 0.15) is 23.0 Å². The summed E-state index contributed by atoms with van der Waals surface area (Å²) in [6.45, 7) is 9.15. The van der Waals surface area contributed by atoms with E-state index in [-0.39, 0.29) is 6.03 Å². The Bertz CT molecular complexity index is 1840. The van der Waals surface area contributed by atoms with E-state index in [9.17, 15) is 4.79 Å². The summed E-state index contributed by atoms with van der Waals surface area (Å²) >= 11 is 0. The van der Waals surface area contributed by atoms with Crippen molar-refractivity contribution in [2.45, 2.75) is 58.3 Å². The van der Waals surface area contributed by atoms with Crippen LogP contribution in [0.25, 0.3) is 22.2 Å². The second-order valence-corrected chi connectivity index (χ2v) is 13.0. The Morgan fingerprint density at radius 3 is 2.40 bits per heavy atom. The number of pyridine rings is 1. The van der Waals surface area contributed by atoms with Gasteiger partial charge in [-0.3, -0.25) is 10.2 Å². The third kappa shape index (κ3) is 8.15. The molecule has 3 aromatic heterocycles. The van der Waals surface area contributed by atoms with Gasteiger partial charge >= 0.3 is 6.03 Å². The number of urea groups is 1. The molecular weight excluding hydrogens is 608 g/mol. The fraction of sp³-hybridized carbons (Fsp3) is 0.371. The topological polar surface area (TPSA) is 144 Å². The number of nitrogens with one attached hydrogen (secondary N) is 3. The monoisotopic (exact) mass is 650 g/mol. The molecule has 48 heavy (non-hydrogen) atoms. The molecule has 1 aliphatic rings. The number of rotatable bonds is 10. The molecule has 0 spiro atoms. The summed E-state index contributed by atoms with van der Waals surface area (Å²) in [7, 11) is 3.18. The number of amides is 2. The third-order valence-corrected chi connectivity index (χ3v) is 8.12. The van der Waals surface area contributed by atoms with Crippen LogP contribution in [0, 0.1) is 0 Å². The first kappa shape index (κ1) is 32.6. The van der Waals surface area contributed by atoms with Crippen molar-refractivity contribution >= 4 is 28.8 Å². The van der Waals surface area contributed by atoms with Crippen molar-refractivity contribution in [3.63, 3.8) is 0 Å². The Labute approximate surface area is 280 Å². The molecule has 3 N–H and O–H groups in total. The first-order chi connectivity index (χ1) is 23.2. The normalized spacial score (nSPS) is 14.1. The molecule has 0 radical (unpaired) electrons. The van der Waals surface area contributed by atoms with Gasteiger partial charge in [0.2, 0.25) is 5.95 Å². The first-order valence-corrected chi connectivity index (χ1v) is 16.1. The van der Waals surface area contributed by atoms with E-state index in [1.807, 2.05) is 49.8 Å². The molecule has 0 atom stereocenters. The summed E-state index contributed by atoms with van der Waals surface area (Å²) in [6.07, 6.45) is 5.75. The van der Waals surface area contributed by atoms with Crippen molar-refractivity contribution < 1.29 is 14.3 Å². The average Bonchev–Trinajstić information content (AvgIpc) is 3.56. The smallest absolute Gasteiger partial charge is 0.320 e. The van der Waals surface area contributed by atoms with Crippen LogP contribution in [0.5, 0.6) is 11.5 Å². The molecule has 0 aliphatic carbocycles. The highest BCUT2D eigenvalue weighted by Gasteiger charge is 2.22. The quantitative estimate of drug-likeness (QED) is 0.173. The average molecular weight is 651 g/mol. The summed E-state index contributed by atoms with van der Waals surface area (Å²) in [5.74, 6) is 1.94. The minimum Gasteiger partial charge on any atom is -0.497 e. The van der Waals surface area contributed by atoms with E-state index in [4.69, 9.17) is 14.5 Å². The standard InChI is InChI=1S/C35H42N10O3/c1-35(2,3)41-34(46)40-32-30(24-15-28(47-4)18-29(16-24)48-5)17-25-19-36-33(39-31(25)38-32)37-20-26-22-45(43-42-26)27-11-13-44(14-12-27)21-23-9-7-6-8-10-23/h6-10,15-19,22,27H,11-14,20-21H2,1-5H3,(H3,36,37,38,39,40,41,46). The lowest BCUT2D eigenvalue weighted by Gasteiger charge is -2.31. The lowest BCUT2D eigenvalue weighted by atomic mass is 10.0. The Morgan fingerprint density at radius 1 is 0.979 bits per heavy atom. The fourth-order valence-corrected chi connectivity index (χ4v) is 5.73. The van der Waals surface area contributed by atoms with Crippen molar-refractivity contribution in [3.05, 3.63) is 78.2 Å². The molecule has 1 aliphatic heterocycles. The summed E-state index contributed by atoms with van der Waals surface area (Å²) < 4.78 is 13.0. The van der Waals surface area contributed by atoms with E-state index in [1.165, 1.54) is 5.56 Å². The number of benzene rings is 2. The number of carbonyl (C=O) groups excluding carboxylic acids is 1. The molecule has 0 unspecified atom stereocenters. The zero-order valence-corrected chi connectivity index (χ0v) is 28.0. The summed E-state index contributed by atoms with van der Waals surface area (Å²) in [4.78, 5) is 29.4. The van der Waals surface area contributed by atoms with Gasteiger partial charge in [0, 0.05) is 48.4 Å². The number of methoxy groups -OCH3 is 2. The minimum atomic E-state index is -0.443. The number of aromatic nitrogens is 6. The van der Waals surface area contributed by atoms with Gasteiger partial charge in [-0.25, -0.2) is 19.4 Å². The van der Waals surface area contributed by atoms with E-state index in [1.54, 1.807) is 26.5 Å². The van der Waals surface area contributed by atoms with E-state index in [0.717, 1.165) is 43.7 Å². The maximum atomic E-state index is 13.0. The van der Waals surface area contributed by atoms with Crippen LogP contribution in [0.15, 0.2) is 67.0 Å². The molecule has 5 aromatic rings. The van der Waals surface area contributed by atoms with Gasteiger partial charge in [-0.1, -0.05) is 35.5 Å². The molecule has 1 fully saturated rings. The fourth-order valence-electron chi connectivity index (χ4n) is 5.73. The SMILES string of the molecule is COc1cc(OC)cc(-c2cc3cnc(NCc4cn(C5CCN(Cc6ccccc6)CC5)nn4)nc3nc2NC(=O)NC(C)(C)C)c1. The molecule has 0 saturated carbocycles. The Balaban J connectivity index is 1.16. The van der Waals surface area contributed by atoms with Crippen LogP contribution in [0.1, 0.15) is 50.9 Å². The molecule has 250 valence electrons. The van der Waals surface area contributed by atoms with Crippen molar-refractivity contribution in [2.75, 3.05) is 37.9 Å². The van der Waals surface area contributed by atoms with Crippen molar-refractivity contribution in [1.29, 1.82) is 0 Å². The lowest BCUT2D eigenvalue weighted by Crippen LogP contribution is -2.43. The summed E-state index contributed by atoms with van der Waals surface area (Å²) in [5.41, 5.74) is 3.52. The molecule has 2 amide bonds. The Morgan fingerprint density at radius 2 is 1.71 bits per heavy atom. The highest BCUT2D eigenvalue weighted by molar-refractivity contribution is 5.96. The number of fused-ring (bicyclic) bond motifs is 1. The van der Waals surface area contributed by atoms with Crippen LogP contribution < -0.4 is 25.4 Å². The molecule has 1 saturated heterocycles. The number of piperidine rings is 1. The van der Waals surface area contributed by atoms with E-state index in [2.05, 4.69) is 71.5 Å². The largest absolute Gasteiger partial charge is 0.497 e. The second kappa shape index (κ2) is 14.2. The van der Waals surface area contributed by atoms with E-state index in [0.29, 0.717) is 52.4 Å². The zero-order chi connectivity index (χ0) is 33.7. The number of hydrogen-bond donors (Lipinski definition) is 3. The zero-order valence-electron chi connectivity index (χ0n) is 28.0. The van der Waals surface area contributed by atoms with Gasteiger partial charge in [0.05, 0.1) is 33.0 Å². The highest BCUT2D eigenvalue weighted by atomic mass is 16.5. The van der Waals surface area contributed by atoms with Crippen LogP contribution in [-0.4, -0.2) is 73.7 Å². The molecule has 13 nitrogen and oxygen atoms in total. The molecule has 2 aromatic carbocycles. The predicted molar refractivity (Wildman–Crippen MR) is 185 cm³/mol. The first-order valence-electron chi connectivity index (χ1n) is 16.1. The van der Waals surface area contributed by atoms with Gasteiger partial charge in [-0.2, -0.15) is 4.98 Å². The summed E-state index contributed by atoms with van der Waals surface area (Å²) in [5, 5.41) is 18.6. The molecule has 4 heterocycles. The van der Waals surface area contributed by atoms with Crippen LogP contribution in [0.3, 0.4) is 0 Å². The van der Waals surface area contributed by atoms with Gasteiger partial charge in [0.15, 0.2) is 5.65 Å². The van der Waals surface area contributed by atoms with Crippen molar-refractivity contribution in [1.82, 2.24) is 40.2 Å². The van der Waals surface area contributed by atoms with Crippen LogP contribution in [-0.2, 0) is 13.1 Å². The lowest BCUT2D eigenvalue weighted by molar-refractivity contribution is 0.172. The number of ether oxygens (including phenoxy) is 2. The van der Waals surface area contributed by atoms with Crippen molar-refractivity contribution in [3.8, 4) is 22.6 Å². The van der Waals surface area contributed by atoms with Gasteiger partial charge in [-0.05, 0) is 62.9 Å². The number of carbonyl (C=O) groups is 1. The maximum absolute atomic E-state index is 13.0. The van der Waals surface area contributed by atoms with Gasteiger partial charge in [0.25, 0.3) is 0 Å². The van der Waals surface area contributed by atoms with E-state index < -0.39 is 5.54 Å². The number of nitrogens with zero attached hydrogens (tertiary/aromatic N) is 7. The minimum absolute atomic E-state index is 0.319. The number of likely N-dealkylation sites (tertiary alicyclic amines) is 1. The number of anilines is 2. The van der Waals surface area contributed by atoms with Crippen LogP contribution in [0.2, 0.25) is 0 Å². The van der Waals surface area contributed by atoms with E-state index >= 15 is 0 Å². The molecular formula is C35H42N10O3. The maximum Gasteiger partial charge on any atom is 0.320 e. The Hall–Kier alpha value is -5.30. The predicted octanol–water partition coefficient (Wildman–Crippen LogP) is 5.67. The van der Waals surface area contributed by atoms with Crippen LogP contribution in [0.4, 0.5) is 16.6 Å². The molecule has 0 bridgehead atoms. The number of hydrogen-bond acceptors (Lipinski definition) is 10. The summed E-state index contributed by atoms with van der Waals surface area (Å²) in [6, 6.07) is 17.9. The molecule has 13 heteroatoms. The van der Waals surface area contributed by atoms with Crippen LogP contribution >= 0.6 is 0 Å². The van der Waals surface area contributed by atoms with Crippen molar-refractivity contribution in [2.24, 2.45) is 0 Å². The molecule has 6 rings (SSSR count). The van der Waals surface area contributed by atoms with Gasteiger partial charge < -0.3 is 20.1 Å².